The molecule has 0 radical (unpaired) electrons. The summed E-state index contributed by atoms with van der Waals surface area (Å²) in [7, 11) is 0. The number of nitrogens with zero attached hydrogens (tertiary/aromatic N) is 2. The Morgan fingerprint density at radius 3 is 2.50 bits per heavy atom. The molecule has 1 aromatic heterocycles. The summed E-state index contributed by atoms with van der Waals surface area (Å²) in [4.78, 5) is 11.9. The van der Waals surface area contributed by atoms with Crippen molar-refractivity contribution in [2.24, 2.45) is 11.7 Å². The van der Waals surface area contributed by atoms with E-state index in [4.69, 9.17) is 11.5 Å². The molecular weight excluding hydrogens is 373 g/mol. The van der Waals surface area contributed by atoms with Gasteiger partial charge in [0.05, 0.1) is 17.4 Å². The average molecular weight is 402 g/mol. The molecule has 0 spiro atoms. The Labute approximate surface area is 167 Å². The number of amides is 1. The molecule has 1 aromatic carbocycles. The molecule has 1 atom stereocenters. The fraction of sp³-hybridized carbons (Fsp3) is 0.444. The van der Waals surface area contributed by atoms with Gasteiger partial charge in [0.25, 0.3) is 0 Å². The zero-order valence-corrected chi connectivity index (χ0v) is 16.9. The summed E-state index contributed by atoms with van der Waals surface area (Å²) in [5, 5.41) is 7.41. The first-order chi connectivity index (χ1) is 11.5. The largest absolute Gasteiger partial charge is 0.384 e. The number of nitrogen functional groups attached to an aromatic ring is 1. The van der Waals surface area contributed by atoms with Gasteiger partial charge in [-0.3, -0.25) is 4.79 Å². The van der Waals surface area contributed by atoms with E-state index >= 15 is 0 Å². The smallest absolute Gasteiger partial charge is 0.236 e. The van der Waals surface area contributed by atoms with Gasteiger partial charge in [-0.15, -0.1) is 24.8 Å². The van der Waals surface area contributed by atoms with Gasteiger partial charge in [-0.2, -0.15) is 5.10 Å². The quantitative estimate of drug-likeness (QED) is 0.592. The van der Waals surface area contributed by atoms with E-state index in [2.05, 4.69) is 24.3 Å². The SMILES string of the molecule is CC(C)C[C@H](N)C(=O)NCCCc1cc(N)n(-c2ccccc2)n1.Cl.Cl. The highest BCUT2D eigenvalue weighted by atomic mass is 35.5. The molecule has 1 amide bonds. The molecule has 26 heavy (non-hydrogen) atoms. The Balaban J connectivity index is 0.00000312. The number of aryl methyl sites for hydroxylation is 1. The highest BCUT2D eigenvalue weighted by Crippen LogP contribution is 2.15. The first-order valence-corrected chi connectivity index (χ1v) is 8.40. The maximum Gasteiger partial charge on any atom is 0.236 e. The lowest BCUT2D eigenvalue weighted by atomic mass is 10.0. The number of rotatable bonds is 8. The second-order valence-electron chi connectivity index (χ2n) is 6.44. The van der Waals surface area contributed by atoms with Crippen LogP contribution in [-0.2, 0) is 11.2 Å². The van der Waals surface area contributed by atoms with Crippen molar-refractivity contribution < 1.29 is 4.79 Å². The summed E-state index contributed by atoms with van der Waals surface area (Å²) in [6, 6.07) is 11.2. The van der Waals surface area contributed by atoms with Crippen LogP contribution in [0.4, 0.5) is 5.82 Å². The van der Waals surface area contributed by atoms with Crippen LogP contribution >= 0.6 is 24.8 Å². The Kier molecular flexibility index (Phi) is 11.0. The predicted octanol–water partition coefficient (Wildman–Crippen LogP) is 2.72. The minimum atomic E-state index is -0.432. The van der Waals surface area contributed by atoms with Gasteiger partial charge in [0.1, 0.15) is 5.82 Å². The zero-order valence-electron chi connectivity index (χ0n) is 15.2. The Hall–Kier alpha value is -1.76. The standard InChI is InChI=1S/C18H27N5O.2ClH/c1-13(2)11-16(19)18(24)21-10-6-7-14-12-17(20)23(22-14)15-8-4-3-5-9-15;;/h3-5,8-9,12-13,16H,6-7,10-11,19-20H2,1-2H3,(H,21,24);2*1H/t16-;;/m0../s1. The normalized spacial score (nSPS) is 11.4. The molecule has 0 saturated heterocycles. The number of halogens is 2. The fourth-order valence-electron chi connectivity index (χ4n) is 2.57. The summed E-state index contributed by atoms with van der Waals surface area (Å²) in [6.45, 7) is 4.70. The number of hydrogen-bond acceptors (Lipinski definition) is 4. The van der Waals surface area contributed by atoms with Crippen molar-refractivity contribution >= 4 is 36.5 Å². The molecule has 0 saturated carbocycles. The lowest BCUT2D eigenvalue weighted by Gasteiger charge is -2.13. The van der Waals surface area contributed by atoms with Crippen LogP contribution in [0.25, 0.3) is 5.69 Å². The van der Waals surface area contributed by atoms with E-state index in [-0.39, 0.29) is 30.7 Å². The first-order valence-electron chi connectivity index (χ1n) is 8.40. The van der Waals surface area contributed by atoms with Gasteiger partial charge in [0, 0.05) is 12.6 Å². The zero-order chi connectivity index (χ0) is 17.5. The molecule has 8 heteroatoms. The van der Waals surface area contributed by atoms with E-state index in [1.165, 1.54) is 0 Å². The Morgan fingerprint density at radius 2 is 1.88 bits per heavy atom. The van der Waals surface area contributed by atoms with Crippen molar-refractivity contribution in [1.82, 2.24) is 15.1 Å². The molecule has 0 bridgehead atoms. The van der Waals surface area contributed by atoms with Crippen LogP contribution in [0.1, 0.15) is 32.4 Å². The molecule has 0 unspecified atom stereocenters. The number of aromatic nitrogens is 2. The summed E-state index contributed by atoms with van der Waals surface area (Å²) >= 11 is 0. The van der Waals surface area contributed by atoms with Gasteiger partial charge < -0.3 is 16.8 Å². The van der Waals surface area contributed by atoms with Crippen molar-refractivity contribution in [3.8, 4) is 5.69 Å². The van der Waals surface area contributed by atoms with Gasteiger partial charge in [0.2, 0.25) is 5.91 Å². The van der Waals surface area contributed by atoms with Crippen molar-refractivity contribution in [3.63, 3.8) is 0 Å². The maximum absolute atomic E-state index is 11.9. The lowest BCUT2D eigenvalue weighted by Crippen LogP contribution is -2.41. The number of carbonyl (C=O) groups is 1. The van der Waals surface area contributed by atoms with Crippen LogP contribution in [0.5, 0.6) is 0 Å². The first kappa shape index (κ1) is 24.2. The van der Waals surface area contributed by atoms with Gasteiger partial charge in [-0.25, -0.2) is 4.68 Å². The molecular formula is C18H29Cl2N5O. The topological polar surface area (TPSA) is 99.0 Å². The van der Waals surface area contributed by atoms with Crippen LogP contribution < -0.4 is 16.8 Å². The van der Waals surface area contributed by atoms with Gasteiger partial charge >= 0.3 is 0 Å². The molecule has 6 nitrogen and oxygen atoms in total. The number of nitrogens with one attached hydrogen (secondary N) is 1. The molecule has 1 heterocycles. The van der Waals surface area contributed by atoms with Crippen LogP contribution in [0.3, 0.4) is 0 Å². The van der Waals surface area contributed by atoms with Crippen LogP contribution in [-0.4, -0.2) is 28.3 Å². The minimum Gasteiger partial charge on any atom is -0.384 e. The number of nitrogens with two attached hydrogens (primary N) is 2. The third-order valence-corrected chi connectivity index (χ3v) is 3.76. The van der Waals surface area contributed by atoms with Crippen molar-refractivity contribution in [2.45, 2.75) is 39.2 Å². The third-order valence-electron chi connectivity index (χ3n) is 3.76. The monoisotopic (exact) mass is 401 g/mol. The molecule has 0 fully saturated rings. The van der Waals surface area contributed by atoms with Crippen molar-refractivity contribution in [3.05, 3.63) is 42.1 Å². The summed E-state index contributed by atoms with van der Waals surface area (Å²) in [5.41, 5.74) is 13.7. The summed E-state index contributed by atoms with van der Waals surface area (Å²) in [5.74, 6) is 0.938. The number of carbonyl (C=O) groups excluding carboxylic acids is 1. The summed E-state index contributed by atoms with van der Waals surface area (Å²) < 4.78 is 1.73. The minimum absolute atomic E-state index is 0. The molecule has 0 aliphatic heterocycles. The second kappa shape index (κ2) is 11.8. The van der Waals surface area contributed by atoms with Gasteiger partial charge in [-0.1, -0.05) is 32.0 Å². The van der Waals surface area contributed by atoms with E-state index in [1.54, 1.807) is 4.68 Å². The van der Waals surface area contributed by atoms with Crippen LogP contribution in [0.15, 0.2) is 36.4 Å². The van der Waals surface area contributed by atoms with E-state index < -0.39 is 6.04 Å². The lowest BCUT2D eigenvalue weighted by molar-refractivity contribution is -0.122. The average Bonchev–Trinajstić information content (AvgIpc) is 2.92. The summed E-state index contributed by atoms with van der Waals surface area (Å²) in [6.07, 6.45) is 2.25. The predicted molar refractivity (Wildman–Crippen MR) is 111 cm³/mol. The number of anilines is 1. The van der Waals surface area contributed by atoms with E-state index in [0.29, 0.717) is 24.7 Å². The van der Waals surface area contributed by atoms with Crippen LogP contribution in [0.2, 0.25) is 0 Å². The van der Waals surface area contributed by atoms with Crippen LogP contribution in [0, 0.1) is 5.92 Å². The van der Waals surface area contributed by atoms with Gasteiger partial charge in [0.15, 0.2) is 0 Å². The molecule has 0 aliphatic carbocycles. The van der Waals surface area contributed by atoms with Gasteiger partial charge in [-0.05, 0) is 37.3 Å². The number of benzene rings is 1. The maximum atomic E-state index is 11.9. The highest BCUT2D eigenvalue weighted by molar-refractivity contribution is 5.85. The Bertz CT molecular complexity index is 661. The van der Waals surface area contributed by atoms with E-state index in [9.17, 15) is 4.79 Å². The highest BCUT2D eigenvalue weighted by Gasteiger charge is 2.14. The number of hydrogen-bond donors (Lipinski definition) is 3. The van der Waals surface area contributed by atoms with Crippen molar-refractivity contribution in [2.75, 3.05) is 12.3 Å². The molecule has 5 N–H and O–H groups in total. The second-order valence-corrected chi connectivity index (χ2v) is 6.44. The number of para-hydroxylation sites is 1. The van der Waals surface area contributed by atoms with Crippen molar-refractivity contribution in [1.29, 1.82) is 0 Å². The fourth-order valence-corrected chi connectivity index (χ4v) is 2.57. The van der Waals surface area contributed by atoms with E-state index in [0.717, 1.165) is 24.2 Å². The van der Waals surface area contributed by atoms with E-state index in [1.807, 2.05) is 36.4 Å². The molecule has 0 aliphatic rings. The Morgan fingerprint density at radius 1 is 1.23 bits per heavy atom. The molecule has 2 aromatic rings. The molecule has 146 valence electrons. The molecule has 2 rings (SSSR count). The third kappa shape index (κ3) is 7.23.